The first-order chi connectivity index (χ1) is 10.1. The molecule has 2 heterocycles. The fourth-order valence-corrected chi connectivity index (χ4v) is 2.55. The van der Waals surface area contributed by atoms with Gasteiger partial charge in [0.2, 0.25) is 11.8 Å². The highest BCUT2D eigenvalue weighted by atomic mass is 16.6. The zero-order chi connectivity index (χ0) is 14.8. The van der Waals surface area contributed by atoms with Crippen LogP contribution in [0.2, 0.25) is 0 Å². The summed E-state index contributed by atoms with van der Waals surface area (Å²) in [7, 11) is 1.52. The van der Waals surface area contributed by atoms with Crippen LogP contribution in [0.4, 0.5) is 0 Å². The first-order valence-electron chi connectivity index (χ1n) is 7.07. The number of nitrogens with one attached hydrogen (secondary N) is 1. The summed E-state index contributed by atoms with van der Waals surface area (Å²) in [5.74, 6) is 1.26. The minimum absolute atomic E-state index is 0.128. The molecule has 6 nitrogen and oxygen atoms in total. The number of nitrogens with zero attached hydrogens (tertiary/aromatic N) is 1. The van der Waals surface area contributed by atoms with Crippen molar-refractivity contribution in [1.82, 2.24) is 10.2 Å². The molecule has 0 spiro atoms. The second kappa shape index (κ2) is 5.73. The number of fused-ring (bicyclic) bond motifs is 1. The molecule has 1 fully saturated rings. The molecule has 1 atom stereocenters. The maximum absolute atomic E-state index is 11.8. The molecule has 2 amide bonds. The first kappa shape index (κ1) is 13.9. The number of carbonyl (C=O) groups excluding carboxylic acids is 2. The van der Waals surface area contributed by atoms with Gasteiger partial charge in [0.1, 0.15) is 13.2 Å². The molecular weight excluding hydrogens is 272 g/mol. The Morgan fingerprint density at radius 2 is 2.00 bits per heavy atom. The molecule has 1 aromatic carbocycles. The van der Waals surface area contributed by atoms with E-state index in [1.54, 1.807) is 0 Å². The van der Waals surface area contributed by atoms with E-state index in [2.05, 4.69) is 5.32 Å². The third-order valence-corrected chi connectivity index (χ3v) is 3.79. The molecule has 6 heteroatoms. The Morgan fingerprint density at radius 1 is 1.24 bits per heavy atom. The van der Waals surface area contributed by atoms with Crippen LogP contribution in [-0.4, -0.2) is 49.6 Å². The predicted octanol–water partition coefficient (Wildman–Crippen LogP) is 0.347. The molecule has 0 saturated carbocycles. The van der Waals surface area contributed by atoms with Crippen LogP contribution in [0.1, 0.15) is 12.0 Å². The van der Waals surface area contributed by atoms with Crippen molar-refractivity contribution in [3.8, 4) is 11.5 Å². The van der Waals surface area contributed by atoms with Crippen molar-refractivity contribution >= 4 is 11.8 Å². The number of rotatable bonds is 4. The van der Waals surface area contributed by atoms with Crippen LogP contribution in [0.5, 0.6) is 11.5 Å². The predicted molar refractivity (Wildman–Crippen MR) is 75.3 cm³/mol. The monoisotopic (exact) mass is 290 g/mol. The number of imide groups is 1. The molecular formula is C15H18N2O4. The zero-order valence-electron chi connectivity index (χ0n) is 11.9. The lowest BCUT2D eigenvalue weighted by Crippen LogP contribution is -2.38. The number of hydrogen-bond donors (Lipinski definition) is 1. The summed E-state index contributed by atoms with van der Waals surface area (Å²) in [4.78, 5) is 24.4. The molecule has 1 saturated heterocycles. The number of likely N-dealkylation sites (tertiary alicyclic amines) is 1. The van der Waals surface area contributed by atoms with E-state index in [1.807, 2.05) is 18.2 Å². The van der Waals surface area contributed by atoms with Crippen molar-refractivity contribution in [3.05, 3.63) is 23.8 Å². The summed E-state index contributed by atoms with van der Waals surface area (Å²) < 4.78 is 11.0. The first-order valence-corrected chi connectivity index (χ1v) is 7.07. The lowest BCUT2D eigenvalue weighted by Gasteiger charge is -2.19. The normalized spacial score (nSPS) is 21.0. The van der Waals surface area contributed by atoms with Crippen molar-refractivity contribution in [1.29, 1.82) is 0 Å². The highest BCUT2D eigenvalue weighted by Crippen LogP contribution is 2.30. The average molecular weight is 290 g/mol. The highest BCUT2D eigenvalue weighted by Gasteiger charge is 2.35. The standard InChI is InChI=1S/C15H18N2O4/c1-17-14(18)9-11(15(17)19)16-5-4-10-2-3-12-13(8-10)21-7-6-20-12/h2-3,8,11,16H,4-7,9H2,1H3. The molecule has 2 aliphatic heterocycles. The van der Waals surface area contributed by atoms with Crippen LogP contribution in [0.3, 0.4) is 0 Å². The van der Waals surface area contributed by atoms with Crippen LogP contribution in [0, 0.1) is 0 Å². The smallest absolute Gasteiger partial charge is 0.246 e. The molecule has 0 aromatic heterocycles. The highest BCUT2D eigenvalue weighted by molar-refractivity contribution is 6.05. The van der Waals surface area contributed by atoms with E-state index in [1.165, 1.54) is 11.9 Å². The van der Waals surface area contributed by atoms with Crippen molar-refractivity contribution in [2.75, 3.05) is 26.8 Å². The topological polar surface area (TPSA) is 67.9 Å². The second-order valence-electron chi connectivity index (χ2n) is 5.23. The lowest BCUT2D eigenvalue weighted by atomic mass is 10.1. The fraction of sp³-hybridized carbons (Fsp3) is 0.467. The lowest BCUT2D eigenvalue weighted by molar-refractivity contribution is -0.137. The molecule has 21 heavy (non-hydrogen) atoms. The number of carbonyl (C=O) groups is 2. The van der Waals surface area contributed by atoms with E-state index in [4.69, 9.17) is 9.47 Å². The molecule has 2 aliphatic rings. The van der Waals surface area contributed by atoms with Crippen LogP contribution < -0.4 is 14.8 Å². The zero-order valence-corrected chi connectivity index (χ0v) is 11.9. The van der Waals surface area contributed by atoms with Gasteiger partial charge in [-0.25, -0.2) is 0 Å². The summed E-state index contributed by atoms with van der Waals surface area (Å²) >= 11 is 0. The molecule has 1 unspecified atom stereocenters. The SMILES string of the molecule is CN1C(=O)CC(NCCc2ccc3c(c2)OCCO3)C1=O. The largest absolute Gasteiger partial charge is 0.486 e. The Bertz CT molecular complexity index is 573. The summed E-state index contributed by atoms with van der Waals surface area (Å²) in [5.41, 5.74) is 1.11. The number of amides is 2. The van der Waals surface area contributed by atoms with E-state index >= 15 is 0 Å². The molecule has 0 aliphatic carbocycles. The summed E-state index contributed by atoms with van der Waals surface area (Å²) in [6.45, 7) is 1.79. The summed E-state index contributed by atoms with van der Waals surface area (Å²) in [6.07, 6.45) is 1.01. The van der Waals surface area contributed by atoms with E-state index in [0.29, 0.717) is 19.8 Å². The molecule has 1 N–H and O–H groups in total. The van der Waals surface area contributed by atoms with Gasteiger partial charge >= 0.3 is 0 Å². The van der Waals surface area contributed by atoms with Gasteiger partial charge in [0.05, 0.1) is 12.5 Å². The molecule has 1 aromatic rings. The minimum atomic E-state index is -0.389. The number of benzene rings is 1. The summed E-state index contributed by atoms with van der Waals surface area (Å²) in [5, 5.41) is 3.14. The van der Waals surface area contributed by atoms with Gasteiger partial charge in [-0.15, -0.1) is 0 Å². The van der Waals surface area contributed by atoms with Gasteiger partial charge < -0.3 is 14.8 Å². The van der Waals surface area contributed by atoms with E-state index in [-0.39, 0.29) is 24.3 Å². The second-order valence-corrected chi connectivity index (χ2v) is 5.23. The van der Waals surface area contributed by atoms with Crippen LogP contribution in [0.15, 0.2) is 18.2 Å². The fourth-order valence-electron chi connectivity index (χ4n) is 2.55. The van der Waals surface area contributed by atoms with Gasteiger partial charge in [0.25, 0.3) is 0 Å². The van der Waals surface area contributed by atoms with Crippen molar-refractivity contribution < 1.29 is 19.1 Å². The van der Waals surface area contributed by atoms with E-state index in [9.17, 15) is 9.59 Å². The Balaban J connectivity index is 1.54. The Labute approximate surface area is 123 Å². The van der Waals surface area contributed by atoms with Gasteiger partial charge in [0.15, 0.2) is 11.5 Å². The van der Waals surface area contributed by atoms with Crippen LogP contribution in [0.25, 0.3) is 0 Å². The van der Waals surface area contributed by atoms with Crippen molar-refractivity contribution in [3.63, 3.8) is 0 Å². The maximum atomic E-state index is 11.8. The Morgan fingerprint density at radius 3 is 2.71 bits per heavy atom. The number of likely N-dealkylation sites (N-methyl/N-ethyl adjacent to an activating group) is 1. The average Bonchev–Trinajstić information content (AvgIpc) is 2.74. The van der Waals surface area contributed by atoms with Gasteiger partial charge in [0, 0.05) is 7.05 Å². The van der Waals surface area contributed by atoms with Gasteiger partial charge in [-0.05, 0) is 30.7 Å². The van der Waals surface area contributed by atoms with Crippen molar-refractivity contribution in [2.45, 2.75) is 18.9 Å². The van der Waals surface area contributed by atoms with Gasteiger partial charge in [-0.2, -0.15) is 0 Å². The summed E-state index contributed by atoms with van der Waals surface area (Å²) in [6, 6.07) is 5.47. The number of ether oxygens (including phenoxy) is 2. The third kappa shape index (κ3) is 2.85. The molecule has 112 valence electrons. The maximum Gasteiger partial charge on any atom is 0.246 e. The Hall–Kier alpha value is -2.08. The Kier molecular flexibility index (Phi) is 3.79. The van der Waals surface area contributed by atoms with Crippen molar-refractivity contribution in [2.24, 2.45) is 0 Å². The van der Waals surface area contributed by atoms with Crippen LogP contribution in [-0.2, 0) is 16.0 Å². The third-order valence-electron chi connectivity index (χ3n) is 3.79. The van der Waals surface area contributed by atoms with Gasteiger partial charge in [-0.3, -0.25) is 14.5 Å². The molecule has 0 radical (unpaired) electrons. The van der Waals surface area contributed by atoms with E-state index in [0.717, 1.165) is 23.5 Å². The van der Waals surface area contributed by atoms with E-state index < -0.39 is 0 Å². The minimum Gasteiger partial charge on any atom is -0.486 e. The van der Waals surface area contributed by atoms with Crippen LogP contribution >= 0.6 is 0 Å². The van der Waals surface area contributed by atoms with Gasteiger partial charge in [-0.1, -0.05) is 6.07 Å². The molecule has 0 bridgehead atoms. The quantitative estimate of drug-likeness (QED) is 0.810. The molecule has 3 rings (SSSR count). The number of hydrogen-bond acceptors (Lipinski definition) is 5.